The van der Waals surface area contributed by atoms with Gasteiger partial charge in [0, 0.05) is 12.0 Å². The predicted molar refractivity (Wildman–Crippen MR) is 139 cm³/mol. The quantitative estimate of drug-likeness (QED) is 0.271. The van der Waals surface area contributed by atoms with Crippen LogP contribution in [0.3, 0.4) is 0 Å². The third kappa shape index (κ3) is 5.47. The Bertz CT molecular complexity index is 1120. The van der Waals surface area contributed by atoms with Gasteiger partial charge in [0.2, 0.25) is 0 Å². The standard InChI is InChI=1S/C27H35NO2SSi/c1-21(2)32(22(3)4,23(5)6)20-10-9-19-28(26-15-11-24(7)12-16-26)31(29,30)27-17-13-25(8)14-18-27/h11-18,21-23H,1-8H3. The first-order valence-corrected chi connectivity index (χ1v) is 14.8. The lowest BCUT2D eigenvalue weighted by atomic mass is 10.2. The summed E-state index contributed by atoms with van der Waals surface area (Å²) < 4.78 is 28.0. The summed E-state index contributed by atoms with van der Waals surface area (Å²) in [5.41, 5.74) is 7.56. The number of rotatable bonds is 6. The molecule has 0 atom stereocenters. The molecular weight excluding hydrogens is 430 g/mol. The molecule has 0 fully saturated rings. The number of hydrogen-bond acceptors (Lipinski definition) is 2. The lowest BCUT2D eigenvalue weighted by molar-refractivity contribution is 0.596. The number of benzene rings is 2. The molecule has 0 saturated carbocycles. The van der Waals surface area contributed by atoms with Gasteiger partial charge in [0.15, 0.2) is 0 Å². The fourth-order valence-corrected chi connectivity index (χ4v) is 10.8. The van der Waals surface area contributed by atoms with Crippen molar-refractivity contribution in [1.82, 2.24) is 0 Å². The molecule has 0 radical (unpaired) electrons. The average molecular weight is 466 g/mol. The molecule has 2 aromatic carbocycles. The Balaban J connectivity index is 2.58. The first-order chi connectivity index (χ1) is 14.9. The molecule has 2 aromatic rings. The van der Waals surface area contributed by atoms with E-state index >= 15 is 0 Å². The molecule has 3 nitrogen and oxygen atoms in total. The highest BCUT2D eigenvalue weighted by atomic mass is 32.2. The third-order valence-corrected chi connectivity index (χ3v) is 14.1. The van der Waals surface area contributed by atoms with Gasteiger partial charge < -0.3 is 0 Å². The van der Waals surface area contributed by atoms with E-state index in [1.807, 2.05) is 26.0 Å². The Morgan fingerprint density at radius 3 is 1.59 bits per heavy atom. The van der Waals surface area contributed by atoms with Crippen molar-refractivity contribution in [3.63, 3.8) is 0 Å². The van der Waals surface area contributed by atoms with E-state index in [9.17, 15) is 8.42 Å². The van der Waals surface area contributed by atoms with Crippen molar-refractivity contribution in [1.29, 1.82) is 0 Å². The Hall–Kier alpha value is -2.47. The summed E-state index contributed by atoms with van der Waals surface area (Å²) in [7, 11) is -5.78. The topological polar surface area (TPSA) is 37.4 Å². The van der Waals surface area contributed by atoms with E-state index in [2.05, 4.69) is 65.0 Å². The summed E-state index contributed by atoms with van der Waals surface area (Å²) in [6.07, 6.45) is 0. The fraction of sp³-hybridized carbons (Fsp3) is 0.407. The second kappa shape index (κ2) is 10.4. The molecule has 0 aliphatic carbocycles. The third-order valence-electron chi connectivity index (χ3n) is 6.19. The minimum atomic E-state index is -3.85. The van der Waals surface area contributed by atoms with Gasteiger partial charge in [-0.3, -0.25) is 0 Å². The minimum absolute atomic E-state index is 0.209. The van der Waals surface area contributed by atoms with Crippen LogP contribution in [0.15, 0.2) is 53.4 Å². The molecule has 2 rings (SSSR count). The molecule has 0 N–H and O–H groups in total. The van der Waals surface area contributed by atoms with Crippen LogP contribution in [0.2, 0.25) is 16.6 Å². The molecule has 0 spiro atoms. The predicted octanol–water partition coefficient (Wildman–Crippen LogP) is 6.68. The molecule has 0 unspecified atom stereocenters. The highest BCUT2D eigenvalue weighted by molar-refractivity contribution is 7.93. The highest BCUT2D eigenvalue weighted by Crippen LogP contribution is 2.40. The second-order valence-corrected chi connectivity index (χ2v) is 16.7. The van der Waals surface area contributed by atoms with Crippen molar-refractivity contribution in [2.24, 2.45) is 0 Å². The van der Waals surface area contributed by atoms with Crippen LogP contribution in [-0.2, 0) is 10.0 Å². The Kier molecular flexibility index (Phi) is 8.40. The molecule has 32 heavy (non-hydrogen) atoms. The van der Waals surface area contributed by atoms with E-state index in [0.29, 0.717) is 22.3 Å². The number of aryl methyl sites for hydroxylation is 2. The van der Waals surface area contributed by atoms with Gasteiger partial charge in [0.25, 0.3) is 10.0 Å². The average Bonchev–Trinajstić information content (AvgIpc) is 2.71. The van der Waals surface area contributed by atoms with Crippen molar-refractivity contribution >= 4 is 23.8 Å². The van der Waals surface area contributed by atoms with Crippen LogP contribution in [0.25, 0.3) is 0 Å². The fourth-order valence-electron chi connectivity index (χ4n) is 4.41. The second-order valence-electron chi connectivity index (χ2n) is 9.30. The zero-order valence-electron chi connectivity index (χ0n) is 20.5. The van der Waals surface area contributed by atoms with Gasteiger partial charge in [-0.1, -0.05) is 76.9 Å². The molecule has 170 valence electrons. The molecule has 0 bridgehead atoms. The lowest BCUT2D eigenvalue weighted by Gasteiger charge is -2.37. The van der Waals surface area contributed by atoms with Crippen molar-refractivity contribution in [3.05, 3.63) is 59.7 Å². The molecular formula is C27H35NO2SSi. The highest BCUT2D eigenvalue weighted by Gasteiger charge is 2.41. The maximum Gasteiger partial charge on any atom is 0.275 e. The molecule has 0 heterocycles. The van der Waals surface area contributed by atoms with Gasteiger partial charge in [-0.15, -0.1) is 5.54 Å². The molecule has 0 aromatic heterocycles. The summed E-state index contributed by atoms with van der Waals surface area (Å²) in [6, 6.07) is 17.0. The Labute approximate surface area is 196 Å². The van der Waals surface area contributed by atoms with Crippen LogP contribution in [0.4, 0.5) is 5.69 Å². The van der Waals surface area contributed by atoms with Crippen LogP contribution < -0.4 is 4.31 Å². The van der Waals surface area contributed by atoms with Crippen molar-refractivity contribution in [3.8, 4) is 23.4 Å². The van der Waals surface area contributed by atoms with E-state index < -0.39 is 18.1 Å². The molecule has 5 heteroatoms. The van der Waals surface area contributed by atoms with E-state index in [0.717, 1.165) is 15.4 Å². The number of nitrogens with zero attached hydrogens (tertiary/aromatic N) is 1. The zero-order valence-corrected chi connectivity index (χ0v) is 22.3. The van der Waals surface area contributed by atoms with Crippen LogP contribution in [0, 0.1) is 37.3 Å². The van der Waals surface area contributed by atoms with Gasteiger partial charge in [-0.2, -0.15) is 4.31 Å². The smallest absolute Gasteiger partial charge is 0.200 e. The van der Waals surface area contributed by atoms with Crippen LogP contribution in [0.5, 0.6) is 0 Å². The number of hydrogen-bond donors (Lipinski definition) is 0. The minimum Gasteiger partial charge on any atom is -0.200 e. The Morgan fingerprint density at radius 2 is 1.16 bits per heavy atom. The van der Waals surface area contributed by atoms with Crippen LogP contribution >= 0.6 is 0 Å². The van der Waals surface area contributed by atoms with Gasteiger partial charge in [-0.05, 0) is 60.7 Å². The maximum absolute atomic E-state index is 13.4. The zero-order chi connectivity index (χ0) is 24.1. The monoisotopic (exact) mass is 465 g/mol. The molecule has 0 aliphatic heterocycles. The number of sulfonamides is 1. The van der Waals surface area contributed by atoms with Crippen molar-refractivity contribution in [2.45, 2.75) is 76.9 Å². The summed E-state index contributed by atoms with van der Waals surface area (Å²) >= 11 is 0. The van der Waals surface area contributed by atoms with Gasteiger partial charge in [0.05, 0.1) is 10.6 Å². The first kappa shape index (κ1) is 25.8. The van der Waals surface area contributed by atoms with E-state index in [1.165, 1.54) is 0 Å². The molecule has 0 amide bonds. The summed E-state index contributed by atoms with van der Waals surface area (Å²) in [4.78, 5) is 0.209. The summed E-state index contributed by atoms with van der Waals surface area (Å²) in [5.74, 6) is 5.94. The van der Waals surface area contributed by atoms with E-state index in [4.69, 9.17) is 0 Å². The van der Waals surface area contributed by atoms with Gasteiger partial charge in [0.1, 0.15) is 8.07 Å². The van der Waals surface area contributed by atoms with Crippen molar-refractivity contribution in [2.75, 3.05) is 4.31 Å². The molecule has 0 saturated heterocycles. The largest absolute Gasteiger partial charge is 0.275 e. The summed E-state index contributed by atoms with van der Waals surface area (Å²) in [6.45, 7) is 17.4. The van der Waals surface area contributed by atoms with Gasteiger partial charge >= 0.3 is 0 Å². The maximum atomic E-state index is 13.4. The van der Waals surface area contributed by atoms with Crippen LogP contribution in [-0.4, -0.2) is 16.5 Å². The lowest BCUT2D eigenvalue weighted by Crippen LogP contribution is -2.43. The Morgan fingerprint density at radius 1 is 0.719 bits per heavy atom. The SMILES string of the molecule is Cc1ccc(N(C#CC#C[Si](C(C)C)(C(C)C)C(C)C)S(=O)(=O)c2ccc(C)cc2)cc1. The van der Waals surface area contributed by atoms with Gasteiger partial charge in [-0.25, -0.2) is 8.42 Å². The normalized spacial score (nSPS) is 11.7. The van der Waals surface area contributed by atoms with Crippen molar-refractivity contribution < 1.29 is 8.42 Å². The molecule has 0 aliphatic rings. The van der Waals surface area contributed by atoms with E-state index in [1.54, 1.807) is 36.4 Å². The van der Waals surface area contributed by atoms with Crippen LogP contribution in [0.1, 0.15) is 52.7 Å². The summed E-state index contributed by atoms with van der Waals surface area (Å²) in [5, 5.41) is 0. The first-order valence-electron chi connectivity index (χ1n) is 11.1. The number of anilines is 1. The van der Waals surface area contributed by atoms with E-state index in [-0.39, 0.29) is 4.90 Å².